The molecule has 0 radical (unpaired) electrons. The van der Waals surface area contributed by atoms with E-state index in [1.807, 2.05) is 11.0 Å². The summed E-state index contributed by atoms with van der Waals surface area (Å²) in [6, 6.07) is 7.93. The van der Waals surface area contributed by atoms with Gasteiger partial charge in [-0.1, -0.05) is 17.4 Å². The number of nitrogens with zero attached hydrogens (tertiary/aromatic N) is 4. The Morgan fingerprint density at radius 2 is 1.92 bits per heavy atom. The Hall–Kier alpha value is -2.47. The van der Waals surface area contributed by atoms with Crippen LogP contribution >= 0.6 is 11.3 Å². The van der Waals surface area contributed by atoms with Crippen molar-refractivity contribution in [3.05, 3.63) is 53.3 Å². The van der Waals surface area contributed by atoms with Crippen LogP contribution in [-0.4, -0.2) is 47.0 Å². The van der Waals surface area contributed by atoms with Crippen molar-refractivity contribution < 1.29 is 4.79 Å². The van der Waals surface area contributed by atoms with E-state index in [0.717, 1.165) is 23.7 Å². The largest absolute Gasteiger partial charge is 0.345 e. The van der Waals surface area contributed by atoms with Crippen LogP contribution in [0.2, 0.25) is 0 Å². The Kier molecular flexibility index (Phi) is 4.13. The maximum atomic E-state index is 12.5. The molecule has 1 aromatic carbocycles. The first-order valence-electron chi connectivity index (χ1n) is 8.44. The van der Waals surface area contributed by atoms with E-state index < -0.39 is 0 Å². The average Bonchev–Trinajstić information content (AvgIpc) is 3.10. The van der Waals surface area contributed by atoms with Gasteiger partial charge in [0.25, 0.3) is 5.91 Å². The third kappa shape index (κ3) is 2.98. The first kappa shape index (κ1) is 16.0. The molecule has 0 saturated carbocycles. The number of fused-ring (bicyclic) bond motifs is 1. The molecule has 0 atom stereocenters. The first-order chi connectivity index (χ1) is 12.1. The zero-order chi connectivity index (χ0) is 17.4. The zero-order valence-corrected chi connectivity index (χ0v) is 15.2. The molecule has 128 valence electrons. The van der Waals surface area contributed by atoms with Gasteiger partial charge in [-0.3, -0.25) is 9.78 Å². The molecule has 0 bridgehead atoms. The summed E-state index contributed by atoms with van der Waals surface area (Å²) in [6.45, 7) is 7.29. The van der Waals surface area contributed by atoms with Crippen molar-refractivity contribution in [3.8, 4) is 0 Å². The predicted octanol–water partition coefficient (Wildman–Crippen LogP) is 3.27. The standard InChI is InChI=1S/C19H20N4OS/c1-13-5-6-16-17(14(13)2)21-19(25-16)23-10-8-22(9-11-23)18(24)15-4-3-7-20-12-15/h3-7,12H,8-11H2,1-2H3. The van der Waals surface area contributed by atoms with Gasteiger partial charge in [-0.25, -0.2) is 4.98 Å². The number of rotatable bonds is 2. The number of carbonyl (C=O) groups is 1. The predicted molar refractivity (Wildman–Crippen MR) is 101 cm³/mol. The quantitative estimate of drug-likeness (QED) is 0.710. The second-order valence-electron chi connectivity index (χ2n) is 6.37. The third-order valence-electron chi connectivity index (χ3n) is 4.82. The van der Waals surface area contributed by atoms with E-state index in [9.17, 15) is 4.79 Å². The number of amides is 1. The van der Waals surface area contributed by atoms with Crippen LogP contribution < -0.4 is 4.90 Å². The van der Waals surface area contributed by atoms with Crippen molar-refractivity contribution >= 4 is 32.6 Å². The molecule has 6 heteroatoms. The fourth-order valence-corrected chi connectivity index (χ4v) is 4.20. The van der Waals surface area contributed by atoms with Gasteiger partial charge >= 0.3 is 0 Å². The van der Waals surface area contributed by atoms with E-state index in [0.29, 0.717) is 18.7 Å². The molecule has 0 spiro atoms. The Bertz CT molecular complexity index is 914. The number of carbonyl (C=O) groups excluding carboxylic acids is 1. The summed E-state index contributed by atoms with van der Waals surface area (Å²) >= 11 is 1.73. The minimum absolute atomic E-state index is 0.0588. The lowest BCUT2D eigenvalue weighted by atomic mass is 10.1. The van der Waals surface area contributed by atoms with Crippen LogP contribution in [0, 0.1) is 13.8 Å². The van der Waals surface area contributed by atoms with Crippen LogP contribution in [0.3, 0.4) is 0 Å². The van der Waals surface area contributed by atoms with Crippen LogP contribution in [0.25, 0.3) is 10.2 Å². The monoisotopic (exact) mass is 352 g/mol. The average molecular weight is 352 g/mol. The topological polar surface area (TPSA) is 49.3 Å². The van der Waals surface area contributed by atoms with Gasteiger partial charge in [0.15, 0.2) is 5.13 Å². The molecule has 4 rings (SSSR count). The van der Waals surface area contributed by atoms with Gasteiger partial charge < -0.3 is 9.80 Å². The van der Waals surface area contributed by atoms with Crippen molar-refractivity contribution in [1.29, 1.82) is 0 Å². The summed E-state index contributed by atoms with van der Waals surface area (Å²) in [6.07, 6.45) is 3.32. The molecule has 1 amide bonds. The van der Waals surface area contributed by atoms with Gasteiger partial charge in [0.2, 0.25) is 0 Å². The van der Waals surface area contributed by atoms with Crippen LogP contribution in [0.5, 0.6) is 0 Å². The Morgan fingerprint density at radius 3 is 2.64 bits per heavy atom. The highest BCUT2D eigenvalue weighted by molar-refractivity contribution is 7.22. The molecule has 1 aliphatic rings. The minimum atomic E-state index is 0.0588. The second-order valence-corrected chi connectivity index (χ2v) is 7.38. The van der Waals surface area contributed by atoms with E-state index in [1.54, 1.807) is 29.8 Å². The highest BCUT2D eigenvalue weighted by atomic mass is 32.1. The Balaban J connectivity index is 1.49. The number of piperazine rings is 1. The molecule has 3 aromatic rings. The van der Waals surface area contributed by atoms with E-state index in [-0.39, 0.29) is 5.91 Å². The molecule has 2 aromatic heterocycles. The Labute approximate surface area is 150 Å². The lowest BCUT2D eigenvalue weighted by molar-refractivity contribution is 0.0746. The summed E-state index contributed by atoms with van der Waals surface area (Å²) in [5.41, 5.74) is 4.29. The second kappa shape index (κ2) is 6.44. The lowest BCUT2D eigenvalue weighted by Gasteiger charge is -2.34. The summed E-state index contributed by atoms with van der Waals surface area (Å²) in [4.78, 5) is 25.6. The normalized spacial score (nSPS) is 15.0. The molecule has 3 heterocycles. The van der Waals surface area contributed by atoms with E-state index in [2.05, 4.69) is 35.9 Å². The summed E-state index contributed by atoms with van der Waals surface area (Å²) < 4.78 is 1.23. The number of pyridine rings is 1. The smallest absolute Gasteiger partial charge is 0.255 e. The summed E-state index contributed by atoms with van der Waals surface area (Å²) in [7, 11) is 0. The van der Waals surface area contributed by atoms with Crippen molar-refractivity contribution in [1.82, 2.24) is 14.9 Å². The van der Waals surface area contributed by atoms with E-state index in [4.69, 9.17) is 4.98 Å². The third-order valence-corrected chi connectivity index (χ3v) is 5.90. The van der Waals surface area contributed by atoms with Crippen LogP contribution in [0.4, 0.5) is 5.13 Å². The van der Waals surface area contributed by atoms with Crippen LogP contribution in [-0.2, 0) is 0 Å². The molecule has 1 fully saturated rings. The summed E-state index contributed by atoms with van der Waals surface area (Å²) in [5, 5.41) is 1.05. The lowest BCUT2D eigenvalue weighted by Crippen LogP contribution is -2.48. The maximum absolute atomic E-state index is 12.5. The Morgan fingerprint density at radius 1 is 1.12 bits per heavy atom. The number of hydrogen-bond donors (Lipinski definition) is 0. The molecular formula is C19H20N4OS. The molecule has 0 N–H and O–H groups in total. The van der Waals surface area contributed by atoms with Crippen molar-refractivity contribution in [2.45, 2.75) is 13.8 Å². The molecule has 5 nitrogen and oxygen atoms in total. The van der Waals surface area contributed by atoms with E-state index >= 15 is 0 Å². The van der Waals surface area contributed by atoms with Gasteiger partial charge in [0.1, 0.15) is 0 Å². The molecule has 1 saturated heterocycles. The fraction of sp³-hybridized carbons (Fsp3) is 0.316. The number of benzene rings is 1. The number of thiazole rings is 1. The molecule has 25 heavy (non-hydrogen) atoms. The molecule has 0 unspecified atom stereocenters. The molecular weight excluding hydrogens is 332 g/mol. The maximum Gasteiger partial charge on any atom is 0.255 e. The number of hydrogen-bond acceptors (Lipinski definition) is 5. The highest BCUT2D eigenvalue weighted by Gasteiger charge is 2.24. The zero-order valence-electron chi connectivity index (χ0n) is 14.4. The van der Waals surface area contributed by atoms with Gasteiger partial charge in [-0.2, -0.15) is 0 Å². The van der Waals surface area contributed by atoms with Crippen LogP contribution in [0.15, 0.2) is 36.7 Å². The van der Waals surface area contributed by atoms with Crippen LogP contribution in [0.1, 0.15) is 21.5 Å². The van der Waals surface area contributed by atoms with Gasteiger partial charge in [-0.15, -0.1) is 0 Å². The van der Waals surface area contributed by atoms with Crippen molar-refractivity contribution in [2.24, 2.45) is 0 Å². The van der Waals surface area contributed by atoms with Gasteiger partial charge in [-0.05, 0) is 43.2 Å². The van der Waals surface area contributed by atoms with Gasteiger partial charge in [0, 0.05) is 38.6 Å². The van der Waals surface area contributed by atoms with Crippen molar-refractivity contribution in [2.75, 3.05) is 31.1 Å². The SMILES string of the molecule is Cc1ccc2sc(N3CCN(C(=O)c4cccnc4)CC3)nc2c1C. The number of anilines is 1. The fourth-order valence-electron chi connectivity index (χ4n) is 3.12. The number of aromatic nitrogens is 2. The molecule has 1 aliphatic heterocycles. The molecule has 0 aliphatic carbocycles. The summed E-state index contributed by atoms with van der Waals surface area (Å²) in [5.74, 6) is 0.0588. The minimum Gasteiger partial charge on any atom is -0.345 e. The number of aryl methyl sites for hydroxylation is 2. The van der Waals surface area contributed by atoms with Gasteiger partial charge in [0.05, 0.1) is 15.8 Å². The first-order valence-corrected chi connectivity index (χ1v) is 9.26. The van der Waals surface area contributed by atoms with E-state index in [1.165, 1.54) is 15.8 Å². The highest BCUT2D eigenvalue weighted by Crippen LogP contribution is 2.32. The van der Waals surface area contributed by atoms with Crippen molar-refractivity contribution in [3.63, 3.8) is 0 Å².